The van der Waals surface area contributed by atoms with Gasteiger partial charge >= 0.3 is 0 Å². The summed E-state index contributed by atoms with van der Waals surface area (Å²) in [5.41, 5.74) is 4.04. The molecule has 0 aliphatic carbocycles. The Labute approximate surface area is 172 Å². The van der Waals surface area contributed by atoms with E-state index in [1.165, 1.54) is 6.07 Å². The molecule has 0 fully saturated rings. The summed E-state index contributed by atoms with van der Waals surface area (Å²) in [5, 5.41) is 4.83. The standard InChI is InChI=1S/C22H16ClFN4O/c23-14-8-9-19-16(11-14)21(15-5-1-2-6-17(15)24)26-12-20-22(27-29-13-28(19)20)18-7-3-4-10-25-18/h1-11,20H,12-13H2. The summed E-state index contributed by atoms with van der Waals surface area (Å²) < 4.78 is 14.6. The first-order valence-electron chi connectivity index (χ1n) is 9.19. The molecule has 1 unspecified atom stereocenters. The molecule has 3 aromatic rings. The zero-order valence-corrected chi connectivity index (χ0v) is 16.1. The molecule has 1 aromatic heterocycles. The van der Waals surface area contributed by atoms with E-state index in [9.17, 15) is 4.39 Å². The number of aliphatic imine (C=N–C) groups is 1. The van der Waals surface area contributed by atoms with Gasteiger partial charge in [-0.1, -0.05) is 35.0 Å². The molecule has 0 saturated carbocycles. The average molecular weight is 407 g/mol. The normalized spacial score (nSPS) is 18.0. The third kappa shape index (κ3) is 3.15. The van der Waals surface area contributed by atoms with E-state index >= 15 is 0 Å². The average Bonchev–Trinajstić information content (AvgIpc) is 2.91. The second-order valence-corrected chi connectivity index (χ2v) is 7.20. The Bertz CT molecular complexity index is 1130. The van der Waals surface area contributed by atoms with Crippen molar-refractivity contribution < 1.29 is 9.23 Å². The van der Waals surface area contributed by atoms with Crippen molar-refractivity contribution >= 4 is 28.7 Å². The van der Waals surface area contributed by atoms with Gasteiger partial charge < -0.3 is 9.74 Å². The number of rotatable bonds is 2. The van der Waals surface area contributed by atoms with E-state index in [-0.39, 0.29) is 18.6 Å². The highest BCUT2D eigenvalue weighted by atomic mass is 35.5. The van der Waals surface area contributed by atoms with E-state index in [2.05, 4.69) is 15.0 Å². The van der Waals surface area contributed by atoms with Crippen LogP contribution in [0.25, 0.3) is 0 Å². The molecule has 5 rings (SSSR count). The third-order valence-electron chi connectivity index (χ3n) is 5.05. The summed E-state index contributed by atoms with van der Waals surface area (Å²) in [6.45, 7) is 0.643. The van der Waals surface area contributed by atoms with E-state index in [0.29, 0.717) is 28.6 Å². The van der Waals surface area contributed by atoms with Crippen molar-refractivity contribution in [1.82, 2.24) is 4.98 Å². The van der Waals surface area contributed by atoms with Gasteiger partial charge in [-0.3, -0.25) is 9.98 Å². The Balaban J connectivity index is 1.68. The van der Waals surface area contributed by atoms with Gasteiger partial charge in [0, 0.05) is 28.0 Å². The van der Waals surface area contributed by atoms with E-state index in [1.54, 1.807) is 24.4 Å². The Morgan fingerprint density at radius 2 is 1.90 bits per heavy atom. The number of hydrogen-bond acceptors (Lipinski definition) is 5. The lowest BCUT2D eigenvalue weighted by Gasteiger charge is -2.34. The fourth-order valence-corrected chi connectivity index (χ4v) is 3.88. The molecule has 0 N–H and O–H groups in total. The summed E-state index contributed by atoms with van der Waals surface area (Å²) in [5.74, 6) is -0.327. The molecule has 2 aliphatic heterocycles. The first kappa shape index (κ1) is 17.8. The third-order valence-corrected chi connectivity index (χ3v) is 5.29. The van der Waals surface area contributed by atoms with Crippen molar-refractivity contribution in [3.05, 3.63) is 94.5 Å². The smallest absolute Gasteiger partial charge is 0.190 e. The van der Waals surface area contributed by atoms with Gasteiger partial charge in [-0.2, -0.15) is 0 Å². The largest absolute Gasteiger partial charge is 0.373 e. The quantitative estimate of drug-likeness (QED) is 0.637. The number of benzene rings is 2. The van der Waals surface area contributed by atoms with Crippen LogP contribution in [0.3, 0.4) is 0 Å². The summed E-state index contributed by atoms with van der Waals surface area (Å²) in [7, 11) is 0. The van der Waals surface area contributed by atoms with Gasteiger partial charge in [0.05, 0.1) is 24.0 Å². The maximum atomic E-state index is 14.6. The van der Waals surface area contributed by atoms with E-state index < -0.39 is 0 Å². The number of pyridine rings is 1. The number of oxime groups is 1. The summed E-state index contributed by atoms with van der Waals surface area (Å²) >= 11 is 6.29. The fraction of sp³-hybridized carbons (Fsp3) is 0.136. The van der Waals surface area contributed by atoms with Crippen LogP contribution >= 0.6 is 11.6 Å². The molecule has 29 heavy (non-hydrogen) atoms. The summed E-state index contributed by atoms with van der Waals surface area (Å²) in [6.07, 6.45) is 1.72. The van der Waals surface area contributed by atoms with Crippen LogP contribution in [0.1, 0.15) is 16.8 Å². The molecule has 144 valence electrons. The second-order valence-electron chi connectivity index (χ2n) is 6.77. The molecule has 0 saturated heterocycles. The monoisotopic (exact) mass is 406 g/mol. The minimum absolute atomic E-state index is 0.192. The first-order chi connectivity index (χ1) is 14.2. The Hall–Kier alpha value is -3.25. The molecule has 0 amide bonds. The predicted molar refractivity (Wildman–Crippen MR) is 111 cm³/mol. The summed E-state index contributed by atoms with van der Waals surface area (Å²) in [4.78, 5) is 16.8. The maximum Gasteiger partial charge on any atom is 0.190 e. The van der Waals surface area contributed by atoms with Crippen molar-refractivity contribution in [3.8, 4) is 0 Å². The highest BCUT2D eigenvalue weighted by Gasteiger charge is 2.35. The lowest BCUT2D eigenvalue weighted by molar-refractivity contribution is 0.129. The molecule has 3 heterocycles. The number of nitrogens with zero attached hydrogens (tertiary/aromatic N) is 4. The van der Waals surface area contributed by atoms with E-state index in [4.69, 9.17) is 21.4 Å². The van der Waals surface area contributed by atoms with E-state index in [0.717, 1.165) is 16.9 Å². The van der Waals surface area contributed by atoms with Gasteiger partial charge in [0.1, 0.15) is 11.5 Å². The van der Waals surface area contributed by atoms with Gasteiger partial charge in [0.25, 0.3) is 0 Å². The minimum atomic E-state index is -0.327. The number of anilines is 1. The second kappa shape index (κ2) is 7.29. The van der Waals surface area contributed by atoms with Crippen LogP contribution in [0.5, 0.6) is 0 Å². The number of hydrogen-bond donors (Lipinski definition) is 0. The van der Waals surface area contributed by atoms with Crippen LogP contribution < -0.4 is 4.90 Å². The molecule has 5 nitrogen and oxygen atoms in total. The van der Waals surface area contributed by atoms with Crippen molar-refractivity contribution in [2.24, 2.45) is 10.1 Å². The number of aromatic nitrogens is 1. The molecule has 0 bridgehead atoms. The number of halogens is 2. The van der Waals surface area contributed by atoms with E-state index in [1.807, 2.05) is 36.4 Å². The molecule has 0 spiro atoms. The highest BCUT2D eigenvalue weighted by molar-refractivity contribution is 6.31. The van der Waals surface area contributed by atoms with Crippen LogP contribution in [-0.2, 0) is 4.84 Å². The van der Waals surface area contributed by atoms with Crippen molar-refractivity contribution in [2.45, 2.75) is 6.04 Å². The predicted octanol–water partition coefficient (Wildman–Crippen LogP) is 4.29. The molecule has 2 aliphatic rings. The molecule has 2 aromatic carbocycles. The van der Waals surface area contributed by atoms with Crippen LogP contribution in [0.15, 0.2) is 77.0 Å². The lowest BCUT2D eigenvalue weighted by atomic mass is 9.99. The zero-order valence-electron chi connectivity index (χ0n) is 15.3. The number of fused-ring (bicyclic) bond motifs is 3. The van der Waals surface area contributed by atoms with Gasteiger partial charge in [0.2, 0.25) is 0 Å². The van der Waals surface area contributed by atoms with Crippen molar-refractivity contribution in [1.29, 1.82) is 0 Å². The van der Waals surface area contributed by atoms with Crippen molar-refractivity contribution in [3.63, 3.8) is 0 Å². The van der Waals surface area contributed by atoms with Crippen LogP contribution in [-0.4, -0.2) is 35.7 Å². The van der Waals surface area contributed by atoms with Gasteiger partial charge in [0.15, 0.2) is 6.73 Å². The van der Waals surface area contributed by atoms with Crippen LogP contribution in [0.4, 0.5) is 10.1 Å². The minimum Gasteiger partial charge on any atom is -0.373 e. The lowest BCUT2D eigenvalue weighted by Crippen LogP contribution is -2.48. The highest BCUT2D eigenvalue weighted by Crippen LogP contribution is 2.33. The maximum absolute atomic E-state index is 14.6. The van der Waals surface area contributed by atoms with Gasteiger partial charge in [-0.25, -0.2) is 4.39 Å². The molecule has 7 heteroatoms. The molecule has 1 atom stereocenters. The van der Waals surface area contributed by atoms with Crippen molar-refractivity contribution in [2.75, 3.05) is 18.2 Å². The summed E-state index contributed by atoms with van der Waals surface area (Å²) in [6, 6.07) is 17.6. The Morgan fingerprint density at radius 1 is 1.03 bits per heavy atom. The molecular weight excluding hydrogens is 391 g/mol. The fourth-order valence-electron chi connectivity index (χ4n) is 3.71. The Morgan fingerprint density at radius 3 is 2.72 bits per heavy atom. The Kier molecular flexibility index (Phi) is 4.48. The van der Waals surface area contributed by atoms with Crippen LogP contribution in [0.2, 0.25) is 5.02 Å². The zero-order chi connectivity index (χ0) is 19.8. The first-order valence-corrected chi connectivity index (χ1v) is 9.57. The molecular formula is C22H16ClFN4O. The van der Waals surface area contributed by atoms with Gasteiger partial charge in [-0.15, -0.1) is 0 Å². The van der Waals surface area contributed by atoms with Gasteiger partial charge in [-0.05, 0) is 42.5 Å². The molecule has 0 radical (unpaired) electrons. The topological polar surface area (TPSA) is 50.1 Å². The SMILES string of the molecule is Fc1ccccc1C1=NCC2C(c3ccccn3)=NOCN2c2ccc(Cl)cc21. The van der Waals surface area contributed by atoms with Crippen LogP contribution in [0, 0.1) is 5.82 Å².